The summed E-state index contributed by atoms with van der Waals surface area (Å²) in [5.41, 5.74) is 0. The molecule has 0 unspecified atom stereocenters. The van der Waals surface area contributed by atoms with Crippen LogP contribution in [0.5, 0.6) is 0 Å². The second-order valence-electron chi connectivity index (χ2n) is 9.94. The summed E-state index contributed by atoms with van der Waals surface area (Å²) in [5, 5.41) is 28.8. The molecule has 0 amide bonds. The highest BCUT2D eigenvalue weighted by molar-refractivity contribution is 5.66. The normalized spacial score (nSPS) is 11.8. The topological polar surface area (TPSA) is 115 Å². The summed E-state index contributed by atoms with van der Waals surface area (Å²) in [7, 11) is 0. The van der Waals surface area contributed by atoms with E-state index in [4.69, 9.17) is 10.2 Å². The van der Waals surface area contributed by atoms with Crippen molar-refractivity contribution in [2.75, 3.05) is 26.2 Å². The van der Waals surface area contributed by atoms with Gasteiger partial charge in [-0.05, 0) is 77.0 Å². The molecule has 0 aliphatic rings. The Morgan fingerprint density at radius 3 is 1.46 bits per heavy atom. The van der Waals surface area contributed by atoms with Gasteiger partial charge in [0, 0.05) is 18.8 Å². The van der Waals surface area contributed by atoms with Gasteiger partial charge >= 0.3 is 11.9 Å². The van der Waals surface area contributed by atoms with Gasteiger partial charge < -0.3 is 24.6 Å². The van der Waals surface area contributed by atoms with Gasteiger partial charge in [-0.2, -0.15) is 0 Å². The van der Waals surface area contributed by atoms with Crippen LogP contribution in [0.1, 0.15) is 122 Å². The molecule has 7 heteroatoms. The highest BCUT2D eigenvalue weighted by atomic mass is 16.4. The van der Waals surface area contributed by atoms with Gasteiger partial charge in [-0.1, -0.05) is 44.8 Å². The molecule has 0 aliphatic heterocycles. The van der Waals surface area contributed by atoms with Crippen LogP contribution in [0.25, 0.3) is 0 Å². The number of rotatable bonds is 26. The van der Waals surface area contributed by atoms with Gasteiger partial charge in [0.1, 0.15) is 0 Å². The van der Waals surface area contributed by atoms with Crippen molar-refractivity contribution in [3.63, 3.8) is 0 Å². The Hall–Kier alpha value is -1.89. The average molecular weight is 498 g/mol. The molecular formula is C28H51NO6. The van der Waals surface area contributed by atoms with Crippen LogP contribution in [0, 0.1) is 0 Å². The van der Waals surface area contributed by atoms with E-state index in [1.807, 2.05) is 0 Å². The summed E-state index contributed by atoms with van der Waals surface area (Å²) in [6.45, 7) is 5.79. The summed E-state index contributed by atoms with van der Waals surface area (Å²) in [4.78, 5) is 32.7. The Bertz CT molecular complexity index is 535. The standard InChI is InChI=1S/C28H51NO6/c1-2-3-4-5-6-7-8-9-10-11-15-22-29(23-16-12-19-26(30)31,24-17-13-20-27(32)33)25-18-14-21-28(34)35/h5-6H,2-4,7-25H2,1H3,(H2-,30,31,32,33,34,35)/b6-5+. The fourth-order valence-electron chi connectivity index (χ4n) is 4.63. The largest absolute Gasteiger partial charge is 0.550 e. The lowest BCUT2D eigenvalue weighted by atomic mass is 10.1. The second kappa shape index (κ2) is 22.6. The molecular weight excluding hydrogens is 446 g/mol. The van der Waals surface area contributed by atoms with Gasteiger partial charge in [0.05, 0.1) is 26.2 Å². The highest BCUT2D eigenvalue weighted by Gasteiger charge is 2.26. The van der Waals surface area contributed by atoms with Crippen LogP contribution in [0.15, 0.2) is 12.2 Å². The van der Waals surface area contributed by atoms with Gasteiger partial charge in [-0.3, -0.25) is 9.59 Å². The van der Waals surface area contributed by atoms with E-state index in [-0.39, 0.29) is 19.3 Å². The molecule has 0 radical (unpaired) electrons. The van der Waals surface area contributed by atoms with E-state index in [1.165, 1.54) is 38.5 Å². The zero-order valence-electron chi connectivity index (χ0n) is 22.2. The monoisotopic (exact) mass is 497 g/mol. The lowest BCUT2D eigenvalue weighted by Gasteiger charge is -2.39. The third kappa shape index (κ3) is 22.3. The molecule has 7 nitrogen and oxygen atoms in total. The predicted octanol–water partition coefficient (Wildman–Crippen LogP) is 5.32. The molecule has 0 bridgehead atoms. The van der Waals surface area contributed by atoms with Gasteiger partial charge in [-0.25, -0.2) is 0 Å². The molecule has 0 aromatic carbocycles. The van der Waals surface area contributed by atoms with Crippen molar-refractivity contribution in [1.29, 1.82) is 0 Å². The maximum Gasteiger partial charge on any atom is 0.303 e. The summed E-state index contributed by atoms with van der Waals surface area (Å²) in [6, 6.07) is 0. The van der Waals surface area contributed by atoms with Crippen molar-refractivity contribution in [1.82, 2.24) is 0 Å². The first-order chi connectivity index (χ1) is 16.8. The quantitative estimate of drug-likeness (QED) is 0.0949. The first-order valence-electron chi connectivity index (χ1n) is 13.9. The van der Waals surface area contributed by atoms with Gasteiger partial charge in [-0.15, -0.1) is 0 Å². The smallest absolute Gasteiger partial charge is 0.303 e. The minimum atomic E-state index is -1.02. The molecule has 0 aromatic heterocycles. The molecule has 0 atom stereocenters. The van der Waals surface area contributed by atoms with Crippen molar-refractivity contribution >= 4 is 17.9 Å². The number of aliphatic carboxylic acids is 3. The number of nitrogens with zero attached hydrogens (tertiary/aromatic N) is 1. The fraction of sp³-hybridized carbons (Fsp3) is 0.821. The minimum Gasteiger partial charge on any atom is -0.550 e. The fourth-order valence-corrected chi connectivity index (χ4v) is 4.63. The number of carbonyl (C=O) groups excluding carboxylic acids is 1. The van der Waals surface area contributed by atoms with E-state index in [1.54, 1.807) is 0 Å². The number of hydrogen-bond acceptors (Lipinski definition) is 4. The van der Waals surface area contributed by atoms with Crippen molar-refractivity contribution < 1.29 is 34.2 Å². The summed E-state index contributed by atoms with van der Waals surface area (Å²) < 4.78 is 0.840. The van der Waals surface area contributed by atoms with Gasteiger partial charge in [0.2, 0.25) is 0 Å². The number of allylic oxidation sites excluding steroid dienone is 2. The first kappa shape index (κ1) is 33.1. The molecule has 0 aromatic rings. The molecule has 0 rings (SSSR count). The minimum absolute atomic E-state index is 0.0604. The van der Waals surface area contributed by atoms with E-state index >= 15 is 0 Å². The summed E-state index contributed by atoms with van der Waals surface area (Å²) in [6.07, 6.45) is 20.0. The van der Waals surface area contributed by atoms with Crippen molar-refractivity contribution in [3.05, 3.63) is 12.2 Å². The summed E-state index contributed by atoms with van der Waals surface area (Å²) >= 11 is 0. The predicted molar refractivity (Wildman–Crippen MR) is 138 cm³/mol. The van der Waals surface area contributed by atoms with Crippen molar-refractivity contribution in [2.45, 2.75) is 122 Å². The number of carboxylic acids is 3. The summed E-state index contributed by atoms with van der Waals surface area (Å²) in [5.74, 6) is -2.58. The molecule has 0 heterocycles. The molecule has 0 spiro atoms. The molecule has 0 fully saturated rings. The Morgan fingerprint density at radius 1 is 0.600 bits per heavy atom. The molecule has 204 valence electrons. The SMILES string of the molecule is CCCC/C=C/CCCCCCC[N+](CCCCC(=O)[O-])(CCCCC(=O)O)CCCCC(=O)O. The maximum absolute atomic E-state index is 10.9. The van der Waals surface area contributed by atoms with Crippen molar-refractivity contribution in [2.24, 2.45) is 0 Å². The van der Waals surface area contributed by atoms with Crippen LogP contribution >= 0.6 is 0 Å². The lowest BCUT2D eigenvalue weighted by molar-refractivity contribution is -0.929. The number of carbonyl (C=O) groups is 3. The lowest BCUT2D eigenvalue weighted by Crippen LogP contribution is -2.51. The van der Waals surface area contributed by atoms with Crippen LogP contribution in [0.2, 0.25) is 0 Å². The van der Waals surface area contributed by atoms with E-state index < -0.39 is 17.9 Å². The Balaban J connectivity index is 4.73. The number of unbranched alkanes of at least 4 members (excludes halogenated alkanes) is 10. The van der Waals surface area contributed by atoms with E-state index in [9.17, 15) is 19.5 Å². The van der Waals surface area contributed by atoms with Crippen LogP contribution in [0.4, 0.5) is 0 Å². The number of quaternary nitrogens is 1. The number of carboxylic acid groups (broad SMARTS) is 3. The molecule has 0 aliphatic carbocycles. The van der Waals surface area contributed by atoms with E-state index in [0.717, 1.165) is 69.2 Å². The zero-order valence-corrected chi connectivity index (χ0v) is 22.2. The molecule has 0 saturated carbocycles. The first-order valence-corrected chi connectivity index (χ1v) is 13.9. The maximum atomic E-state index is 10.9. The van der Waals surface area contributed by atoms with E-state index in [2.05, 4.69) is 19.1 Å². The molecule has 35 heavy (non-hydrogen) atoms. The van der Waals surface area contributed by atoms with Crippen LogP contribution in [0.3, 0.4) is 0 Å². The van der Waals surface area contributed by atoms with Gasteiger partial charge in [0.15, 0.2) is 0 Å². The number of hydrogen-bond donors (Lipinski definition) is 2. The molecule has 2 N–H and O–H groups in total. The van der Waals surface area contributed by atoms with E-state index in [0.29, 0.717) is 19.3 Å². The average Bonchev–Trinajstić information content (AvgIpc) is 2.80. The van der Waals surface area contributed by atoms with Crippen LogP contribution < -0.4 is 5.11 Å². The second-order valence-corrected chi connectivity index (χ2v) is 9.94. The molecule has 0 saturated heterocycles. The zero-order chi connectivity index (χ0) is 26.2. The third-order valence-corrected chi connectivity index (χ3v) is 6.70. The van der Waals surface area contributed by atoms with Gasteiger partial charge in [0.25, 0.3) is 0 Å². The Labute approximate surface area is 213 Å². The Morgan fingerprint density at radius 2 is 1.00 bits per heavy atom. The third-order valence-electron chi connectivity index (χ3n) is 6.70. The Kier molecular flexibility index (Phi) is 21.3. The van der Waals surface area contributed by atoms with Crippen LogP contribution in [-0.2, 0) is 14.4 Å². The van der Waals surface area contributed by atoms with Crippen LogP contribution in [-0.4, -0.2) is 58.8 Å². The van der Waals surface area contributed by atoms with Crippen molar-refractivity contribution in [3.8, 4) is 0 Å². The highest BCUT2D eigenvalue weighted by Crippen LogP contribution is 2.19.